The van der Waals surface area contributed by atoms with E-state index in [1.165, 1.54) is 6.07 Å². The van der Waals surface area contributed by atoms with Crippen molar-refractivity contribution in [2.24, 2.45) is 0 Å². The van der Waals surface area contributed by atoms with Gasteiger partial charge in [0.05, 0.1) is 0 Å². The van der Waals surface area contributed by atoms with Crippen LogP contribution >= 0.6 is 0 Å². The predicted molar refractivity (Wildman–Crippen MR) is 68.8 cm³/mol. The zero-order valence-corrected chi connectivity index (χ0v) is 11.4. The second kappa shape index (κ2) is 6.70. The number of nitrogens with one attached hydrogen (secondary N) is 1. The van der Waals surface area contributed by atoms with Gasteiger partial charge >= 0.3 is 6.18 Å². The van der Waals surface area contributed by atoms with Gasteiger partial charge in [0.15, 0.2) is 0 Å². The summed E-state index contributed by atoms with van der Waals surface area (Å²) >= 11 is 0. The van der Waals surface area contributed by atoms with Gasteiger partial charge in [0.25, 0.3) is 0 Å². The fourth-order valence-electron chi connectivity index (χ4n) is 2.63. The van der Waals surface area contributed by atoms with E-state index in [0.717, 1.165) is 12.1 Å². The number of hydrogen-bond acceptors (Lipinski definition) is 2. The highest BCUT2D eigenvalue weighted by Crippen LogP contribution is 2.34. The molecule has 0 aliphatic carbocycles. The third kappa shape index (κ3) is 4.38. The molecule has 1 aromatic rings. The molecule has 0 bridgehead atoms. The van der Waals surface area contributed by atoms with Crippen LogP contribution in [0.3, 0.4) is 0 Å². The van der Waals surface area contributed by atoms with Gasteiger partial charge in [-0.2, -0.15) is 13.2 Å². The van der Waals surface area contributed by atoms with Crippen LogP contribution < -0.4 is 5.32 Å². The van der Waals surface area contributed by atoms with Gasteiger partial charge in [-0.3, -0.25) is 4.90 Å². The van der Waals surface area contributed by atoms with Crippen LogP contribution in [0.1, 0.15) is 24.4 Å². The number of alkyl halides is 3. The van der Waals surface area contributed by atoms with Crippen molar-refractivity contribution in [2.75, 3.05) is 26.2 Å². The number of hydrogen-bond donors (Lipinski definition) is 1. The highest BCUT2D eigenvalue weighted by atomic mass is 19.4. The topological polar surface area (TPSA) is 15.3 Å². The molecule has 1 N–H and O–H groups in total. The van der Waals surface area contributed by atoms with Crippen LogP contribution in [-0.4, -0.2) is 37.3 Å². The van der Waals surface area contributed by atoms with E-state index >= 15 is 0 Å². The van der Waals surface area contributed by atoms with Crippen molar-refractivity contribution in [3.05, 3.63) is 35.4 Å². The Labute approximate surface area is 119 Å². The zero-order valence-electron chi connectivity index (χ0n) is 11.4. The summed E-state index contributed by atoms with van der Waals surface area (Å²) in [6, 6.07) is 2.49. The smallest absolute Gasteiger partial charge is 0.314 e. The summed E-state index contributed by atoms with van der Waals surface area (Å²) in [5.74, 6) is -1.58. The lowest BCUT2D eigenvalue weighted by atomic mass is 9.98. The summed E-state index contributed by atoms with van der Waals surface area (Å²) in [5.41, 5.74) is -0.261. The van der Waals surface area contributed by atoms with E-state index in [-0.39, 0.29) is 12.0 Å². The molecular formula is C14H17F5N2. The van der Waals surface area contributed by atoms with Crippen LogP contribution in [0.25, 0.3) is 0 Å². The first-order valence-electron chi connectivity index (χ1n) is 6.84. The fourth-order valence-corrected chi connectivity index (χ4v) is 2.63. The number of benzene rings is 1. The van der Waals surface area contributed by atoms with Gasteiger partial charge in [-0.05, 0) is 18.6 Å². The van der Waals surface area contributed by atoms with Crippen molar-refractivity contribution >= 4 is 0 Å². The number of piperazine rings is 1. The van der Waals surface area contributed by atoms with Crippen LogP contribution in [-0.2, 0) is 0 Å². The quantitative estimate of drug-likeness (QED) is 0.859. The van der Waals surface area contributed by atoms with Gasteiger partial charge in [0, 0.05) is 44.2 Å². The second-order valence-corrected chi connectivity index (χ2v) is 5.09. The molecule has 1 atom stereocenters. The first-order chi connectivity index (χ1) is 9.88. The van der Waals surface area contributed by atoms with Crippen molar-refractivity contribution < 1.29 is 22.0 Å². The van der Waals surface area contributed by atoms with Crippen molar-refractivity contribution in [3.63, 3.8) is 0 Å². The lowest BCUT2D eigenvalue weighted by Gasteiger charge is -2.35. The molecule has 0 spiro atoms. The molecule has 1 saturated heterocycles. The Kier molecular flexibility index (Phi) is 5.16. The average molecular weight is 308 g/mol. The third-order valence-electron chi connectivity index (χ3n) is 3.63. The molecule has 2 rings (SSSR count). The second-order valence-electron chi connectivity index (χ2n) is 5.09. The highest BCUT2D eigenvalue weighted by molar-refractivity contribution is 5.23. The van der Waals surface area contributed by atoms with Crippen LogP contribution in [0, 0.1) is 11.6 Å². The summed E-state index contributed by atoms with van der Waals surface area (Å²) in [6.45, 7) is 2.13. The Balaban J connectivity index is 2.26. The molecule has 1 aromatic carbocycles. The zero-order chi connectivity index (χ0) is 15.5. The van der Waals surface area contributed by atoms with E-state index in [0.29, 0.717) is 26.2 Å². The van der Waals surface area contributed by atoms with E-state index in [1.807, 2.05) is 0 Å². The molecule has 7 heteroatoms. The molecule has 1 heterocycles. The largest absolute Gasteiger partial charge is 0.389 e. The van der Waals surface area contributed by atoms with Crippen molar-refractivity contribution in [1.82, 2.24) is 10.2 Å². The van der Waals surface area contributed by atoms with Crippen molar-refractivity contribution in [2.45, 2.75) is 25.1 Å². The number of halogens is 5. The molecule has 2 nitrogen and oxygen atoms in total. The molecule has 0 aromatic heterocycles. The molecular weight excluding hydrogens is 291 g/mol. The lowest BCUT2D eigenvalue weighted by Crippen LogP contribution is -2.45. The van der Waals surface area contributed by atoms with Gasteiger partial charge in [0.2, 0.25) is 0 Å². The molecule has 1 aliphatic heterocycles. The number of nitrogens with zero attached hydrogens (tertiary/aromatic N) is 1. The minimum Gasteiger partial charge on any atom is -0.314 e. The van der Waals surface area contributed by atoms with E-state index in [1.54, 1.807) is 4.90 Å². The SMILES string of the molecule is Fc1cccc(F)c1[C@@H](CCC(F)(F)F)N1CCNCC1. The van der Waals surface area contributed by atoms with Gasteiger partial charge in [-0.15, -0.1) is 0 Å². The van der Waals surface area contributed by atoms with Crippen molar-refractivity contribution in [3.8, 4) is 0 Å². The van der Waals surface area contributed by atoms with Crippen LogP contribution in [0.2, 0.25) is 0 Å². The van der Waals surface area contributed by atoms with E-state index in [2.05, 4.69) is 5.32 Å². The normalized spacial score (nSPS) is 18.7. The summed E-state index contributed by atoms with van der Waals surface area (Å²) in [4.78, 5) is 1.71. The minimum absolute atomic E-state index is 0.261. The fraction of sp³-hybridized carbons (Fsp3) is 0.571. The Bertz CT molecular complexity index is 449. The Morgan fingerprint density at radius 3 is 2.19 bits per heavy atom. The molecule has 0 unspecified atom stereocenters. The Morgan fingerprint density at radius 2 is 1.67 bits per heavy atom. The van der Waals surface area contributed by atoms with Gasteiger partial charge in [0.1, 0.15) is 11.6 Å². The summed E-state index contributed by atoms with van der Waals surface area (Å²) in [7, 11) is 0. The van der Waals surface area contributed by atoms with Crippen LogP contribution in [0.5, 0.6) is 0 Å². The summed E-state index contributed by atoms with van der Waals surface area (Å²) < 4.78 is 65.3. The molecule has 0 amide bonds. The van der Waals surface area contributed by atoms with E-state index < -0.39 is 30.3 Å². The average Bonchev–Trinajstić information content (AvgIpc) is 2.42. The van der Waals surface area contributed by atoms with E-state index in [9.17, 15) is 22.0 Å². The van der Waals surface area contributed by atoms with Gasteiger partial charge in [-0.1, -0.05) is 6.07 Å². The lowest BCUT2D eigenvalue weighted by molar-refractivity contribution is -0.138. The molecule has 118 valence electrons. The first kappa shape index (κ1) is 16.2. The predicted octanol–water partition coefficient (Wildman–Crippen LogP) is 3.25. The first-order valence-corrected chi connectivity index (χ1v) is 6.84. The summed E-state index contributed by atoms with van der Waals surface area (Å²) in [5, 5.41) is 3.07. The Morgan fingerprint density at radius 1 is 1.10 bits per heavy atom. The van der Waals surface area contributed by atoms with Crippen molar-refractivity contribution in [1.29, 1.82) is 0 Å². The molecule has 0 radical (unpaired) electrons. The van der Waals surface area contributed by atoms with E-state index in [4.69, 9.17) is 0 Å². The molecule has 1 fully saturated rings. The standard InChI is InChI=1S/C14H17F5N2/c15-10-2-1-3-11(16)13(10)12(4-5-14(17,18)19)21-8-6-20-7-9-21/h1-3,12,20H,4-9H2/t12-/m1/s1. The summed E-state index contributed by atoms with van der Waals surface area (Å²) in [6.07, 6.45) is -5.75. The maximum Gasteiger partial charge on any atom is 0.389 e. The van der Waals surface area contributed by atoms with Crippen LogP contribution in [0.4, 0.5) is 22.0 Å². The molecule has 21 heavy (non-hydrogen) atoms. The molecule has 1 aliphatic rings. The van der Waals surface area contributed by atoms with Gasteiger partial charge < -0.3 is 5.32 Å². The maximum absolute atomic E-state index is 13.9. The molecule has 0 saturated carbocycles. The maximum atomic E-state index is 13.9. The Hall–Kier alpha value is -1.21. The van der Waals surface area contributed by atoms with Gasteiger partial charge in [-0.25, -0.2) is 8.78 Å². The highest BCUT2D eigenvalue weighted by Gasteiger charge is 2.33. The minimum atomic E-state index is -4.34. The number of rotatable bonds is 4. The van der Waals surface area contributed by atoms with Crippen LogP contribution in [0.15, 0.2) is 18.2 Å². The third-order valence-corrected chi connectivity index (χ3v) is 3.63. The monoisotopic (exact) mass is 308 g/mol.